The first-order valence-electron chi connectivity index (χ1n) is 9.43. The van der Waals surface area contributed by atoms with Crippen molar-refractivity contribution in [3.8, 4) is 5.75 Å². The Hall–Kier alpha value is -2.91. The monoisotopic (exact) mass is 434 g/mol. The van der Waals surface area contributed by atoms with E-state index in [4.69, 9.17) is 9.47 Å². The first-order chi connectivity index (χ1) is 14.2. The Morgan fingerprint density at radius 2 is 1.60 bits per heavy atom. The third-order valence-electron chi connectivity index (χ3n) is 4.35. The highest BCUT2D eigenvalue weighted by atomic mass is 32.2. The molecule has 0 radical (unpaired) electrons. The topological polar surface area (TPSA) is 111 Å². The molecule has 0 heterocycles. The molecule has 30 heavy (non-hydrogen) atoms. The fourth-order valence-electron chi connectivity index (χ4n) is 2.50. The maximum Gasteiger partial charge on any atom is 0.324 e. The second-order valence-electron chi connectivity index (χ2n) is 6.64. The first kappa shape index (κ1) is 23.4. The summed E-state index contributed by atoms with van der Waals surface area (Å²) in [6.07, 6.45) is -0.219. The van der Waals surface area contributed by atoms with Gasteiger partial charge in [-0.25, -0.2) is 8.42 Å². The van der Waals surface area contributed by atoms with Crippen molar-refractivity contribution in [2.75, 3.05) is 12.4 Å². The van der Waals surface area contributed by atoms with Crippen LogP contribution < -0.4 is 14.8 Å². The van der Waals surface area contributed by atoms with Gasteiger partial charge in [-0.05, 0) is 62.2 Å². The van der Waals surface area contributed by atoms with E-state index < -0.39 is 34.0 Å². The second kappa shape index (κ2) is 10.2. The minimum absolute atomic E-state index is 0.0238. The van der Waals surface area contributed by atoms with Gasteiger partial charge in [0.15, 0.2) is 6.10 Å². The Balaban J connectivity index is 1.93. The number of aryl methyl sites for hydroxylation is 1. The van der Waals surface area contributed by atoms with Crippen molar-refractivity contribution < 1.29 is 27.5 Å². The van der Waals surface area contributed by atoms with Crippen LogP contribution in [0.4, 0.5) is 5.69 Å². The molecule has 0 aromatic heterocycles. The molecule has 0 saturated heterocycles. The summed E-state index contributed by atoms with van der Waals surface area (Å²) in [7, 11) is -2.48. The van der Waals surface area contributed by atoms with Crippen LogP contribution >= 0.6 is 0 Å². The molecule has 0 spiro atoms. The predicted octanol–water partition coefficient (Wildman–Crippen LogP) is 2.49. The molecule has 2 atom stereocenters. The molecular weight excluding hydrogens is 408 g/mol. The lowest BCUT2D eigenvalue weighted by molar-refractivity contribution is -0.154. The van der Waals surface area contributed by atoms with Crippen molar-refractivity contribution in [3.05, 3.63) is 54.1 Å². The average molecular weight is 435 g/mol. The van der Waals surface area contributed by atoms with Crippen LogP contribution in [0.2, 0.25) is 0 Å². The molecule has 162 valence electrons. The summed E-state index contributed by atoms with van der Waals surface area (Å²) in [4.78, 5) is 24.5. The van der Waals surface area contributed by atoms with Gasteiger partial charge < -0.3 is 14.8 Å². The van der Waals surface area contributed by atoms with Gasteiger partial charge in [-0.3, -0.25) is 9.59 Å². The number of carbonyl (C=O) groups excluding carboxylic acids is 2. The summed E-state index contributed by atoms with van der Waals surface area (Å²) >= 11 is 0. The Morgan fingerprint density at radius 3 is 2.13 bits per heavy atom. The lowest BCUT2D eigenvalue weighted by Gasteiger charge is -2.18. The molecule has 2 aromatic carbocycles. The lowest BCUT2D eigenvalue weighted by Crippen LogP contribution is -2.42. The van der Waals surface area contributed by atoms with Crippen LogP contribution in [0.25, 0.3) is 0 Å². The van der Waals surface area contributed by atoms with Gasteiger partial charge in [0.1, 0.15) is 11.8 Å². The quantitative estimate of drug-likeness (QED) is 0.587. The van der Waals surface area contributed by atoms with E-state index in [1.54, 1.807) is 12.1 Å². The van der Waals surface area contributed by atoms with Crippen molar-refractivity contribution in [1.82, 2.24) is 4.72 Å². The largest absolute Gasteiger partial charge is 0.497 e. The standard InChI is InChI=1S/C21H26N2O6S/c1-5-16-6-8-17(9-7-16)22-20(24)15(3)29-21(25)14(2)23-30(26,27)19-12-10-18(28-4)11-13-19/h6-15,23H,5H2,1-4H3,(H,22,24)/t14-,15-/m1/s1. The van der Waals surface area contributed by atoms with Crippen molar-refractivity contribution in [2.24, 2.45) is 0 Å². The van der Waals surface area contributed by atoms with Crippen LogP contribution in [0.5, 0.6) is 5.75 Å². The van der Waals surface area contributed by atoms with Gasteiger partial charge in [0.05, 0.1) is 12.0 Å². The molecular formula is C21H26N2O6S. The third kappa shape index (κ3) is 6.30. The Morgan fingerprint density at radius 1 is 1.00 bits per heavy atom. The number of hydrogen-bond acceptors (Lipinski definition) is 6. The van der Waals surface area contributed by atoms with Crippen LogP contribution in [0.3, 0.4) is 0 Å². The predicted molar refractivity (Wildman–Crippen MR) is 113 cm³/mol. The Bertz CT molecular complexity index is 972. The van der Waals surface area contributed by atoms with Gasteiger partial charge in [-0.1, -0.05) is 19.1 Å². The first-order valence-corrected chi connectivity index (χ1v) is 10.9. The Kier molecular flexibility index (Phi) is 7.96. The zero-order chi connectivity index (χ0) is 22.3. The van der Waals surface area contributed by atoms with Crippen molar-refractivity contribution in [1.29, 1.82) is 0 Å². The van der Waals surface area contributed by atoms with E-state index in [1.807, 2.05) is 19.1 Å². The van der Waals surface area contributed by atoms with E-state index >= 15 is 0 Å². The molecule has 2 aromatic rings. The van der Waals surface area contributed by atoms with Gasteiger partial charge in [-0.15, -0.1) is 0 Å². The van der Waals surface area contributed by atoms with Gasteiger partial charge >= 0.3 is 5.97 Å². The summed E-state index contributed by atoms with van der Waals surface area (Å²) in [6, 6.07) is 11.8. The molecule has 0 saturated carbocycles. The van der Waals surface area contributed by atoms with Crippen LogP contribution in [0.1, 0.15) is 26.3 Å². The number of rotatable bonds is 9. The molecule has 0 bridgehead atoms. The van der Waals surface area contributed by atoms with Gasteiger partial charge in [0.2, 0.25) is 10.0 Å². The lowest BCUT2D eigenvalue weighted by atomic mass is 10.1. The number of benzene rings is 2. The summed E-state index contributed by atoms with van der Waals surface area (Å²) < 4.78 is 37.2. The molecule has 9 heteroatoms. The van der Waals surface area contributed by atoms with E-state index in [9.17, 15) is 18.0 Å². The number of hydrogen-bond donors (Lipinski definition) is 2. The molecule has 0 aliphatic rings. The van der Waals surface area contributed by atoms with Crippen LogP contribution in [-0.4, -0.2) is 39.5 Å². The molecule has 0 aliphatic carbocycles. The number of esters is 1. The zero-order valence-corrected chi connectivity index (χ0v) is 18.2. The maximum absolute atomic E-state index is 12.4. The minimum Gasteiger partial charge on any atom is -0.497 e. The van der Waals surface area contributed by atoms with Gasteiger partial charge in [0.25, 0.3) is 5.91 Å². The molecule has 0 fully saturated rings. The van der Waals surface area contributed by atoms with Crippen LogP contribution in [0.15, 0.2) is 53.4 Å². The number of ether oxygens (including phenoxy) is 2. The van der Waals surface area contributed by atoms with E-state index in [1.165, 1.54) is 45.2 Å². The molecule has 0 aliphatic heterocycles. The van der Waals surface area contributed by atoms with Crippen LogP contribution in [0, 0.1) is 0 Å². The summed E-state index contributed by atoms with van der Waals surface area (Å²) in [5.41, 5.74) is 1.71. The highest BCUT2D eigenvalue weighted by molar-refractivity contribution is 7.89. The van der Waals surface area contributed by atoms with Gasteiger partial charge in [0, 0.05) is 5.69 Å². The average Bonchev–Trinajstić information content (AvgIpc) is 2.73. The fraction of sp³-hybridized carbons (Fsp3) is 0.333. The molecule has 2 rings (SSSR count). The molecule has 2 N–H and O–H groups in total. The van der Waals surface area contributed by atoms with E-state index in [0.29, 0.717) is 11.4 Å². The van der Waals surface area contributed by atoms with E-state index in [2.05, 4.69) is 10.0 Å². The third-order valence-corrected chi connectivity index (χ3v) is 5.90. The number of nitrogens with one attached hydrogen (secondary N) is 2. The van der Waals surface area contributed by atoms with Crippen molar-refractivity contribution >= 4 is 27.6 Å². The fourth-order valence-corrected chi connectivity index (χ4v) is 3.69. The number of anilines is 1. The van der Waals surface area contributed by atoms with E-state index in [0.717, 1.165) is 12.0 Å². The minimum atomic E-state index is -3.95. The summed E-state index contributed by atoms with van der Waals surface area (Å²) in [5.74, 6) is -0.876. The second-order valence-corrected chi connectivity index (χ2v) is 8.35. The SMILES string of the molecule is CCc1ccc(NC(=O)[C@@H](C)OC(=O)[C@@H](C)NS(=O)(=O)c2ccc(OC)cc2)cc1. The van der Waals surface area contributed by atoms with E-state index in [-0.39, 0.29) is 4.90 Å². The molecule has 1 amide bonds. The number of carbonyl (C=O) groups is 2. The normalized spacial score (nSPS) is 13.2. The Labute approximate surface area is 176 Å². The van der Waals surface area contributed by atoms with Crippen LogP contribution in [-0.2, 0) is 30.8 Å². The number of amides is 1. The number of methoxy groups -OCH3 is 1. The maximum atomic E-state index is 12.4. The summed E-state index contributed by atoms with van der Waals surface area (Å²) in [6.45, 7) is 4.79. The highest BCUT2D eigenvalue weighted by Crippen LogP contribution is 2.16. The highest BCUT2D eigenvalue weighted by Gasteiger charge is 2.26. The van der Waals surface area contributed by atoms with Crippen molar-refractivity contribution in [2.45, 2.75) is 44.2 Å². The number of sulfonamides is 1. The smallest absolute Gasteiger partial charge is 0.324 e. The molecule has 8 nitrogen and oxygen atoms in total. The van der Waals surface area contributed by atoms with Gasteiger partial charge in [-0.2, -0.15) is 4.72 Å². The summed E-state index contributed by atoms with van der Waals surface area (Å²) in [5, 5.41) is 2.66. The molecule has 0 unspecified atom stereocenters. The van der Waals surface area contributed by atoms with Crippen molar-refractivity contribution in [3.63, 3.8) is 0 Å². The zero-order valence-electron chi connectivity index (χ0n) is 17.3.